The summed E-state index contributed by atoms with van der Waals surface area (Å²) < 4.78 is 46.2. The average Bonchev–Trinajstić information content (AvgIpc) is 3.07. The van der Waals surface area contributed by atoms with Crippen molar-refractivity contribution in [2.45, 2.75) is 24.3 Å². The van der Waals surface area contributed by atoms with E-state index in [1.807, 2.05) is 30.3 Å². The maximum absolute atomic E-state index is 14.2. The number of benzene rings is 4. The van der Waals surface area contributed by atoms with Crippen LogP contribution in [0, 0.1) is 6.92 Å². The molecule has 1 atom stereocenters. The van der Waals surface area contributed by atoms with E-state index in [1.165, 1.54) is 25.2 Å². The second-order valence-corrected chi connectivity index (χ2v) is 12.3. The van der Waals surface area contributed by atoms with Gasteiger partial charge in [0.1, 0.15) is 28.7 Å². The topological polar surface area (TPSA) is 114 Å². The SMILES string of the molecule is COc1ccc(N(CC(=O)N2CC(C(=O)NCCc3ccccc3)Oc3ccccc32)S(=O)(=O)c2cc(C)ccc2OC)cc1. The molecule has 0 spiro atoms. The van der Waals surface area contributed by atoms with Crippen LogP contribution < -0.4 is 28.7 Å². The third kappa shape index (κ3) is 7.04. The summed E-state index contributed by atoms with van der Waals surface area (Å²) in [6, 6.07) is 27.9. The van der Waals surface area contributed by atoms with Gasteiger partial charge in [-0.1, -0.05) is 48.5 Å². The number of carbonyl (C=O) groups is 2. The Morgan fingerprint density at radius 2 is 1.64 bits per heavy atom. The molecule has 10 nitrogen and oxygen atoms in total. The highest BCUT2D eigenvalue weighted by atomic mass is 32.2. The summed E-state index contributed by atoms with van der Waals surface area (Å²) in [5, 5.41) is 2.90. The molecule has 1 aliphatic rings. The van der Waals surface area contributed by atoms with Crippen LogP contribution in [0.25, 0.3) is 0 Å². The number of nitrogens with one attached hydrogen (secondary N) is 1. The van der Waals surface area contributed by atoms with E-state index in [0.717, 1.165) is 9.87 Å². The third-order valence-electron chi connectivity index (χ3n) is 7.45. The van der Waals surface area contributed by atoms with Crippen molar-refractivity contribution in [3.8, 4) is 17.2 Å². The van der Waals surface area contributed by atoms with E-state index in [-0.39, 0.29) is 28.8 Å². The Hall–Kier alpha value is -5.03. The van der Waals surface area contributed by atoms with Crippen LogP contribution in [0.15, 0.2) is 102 Å². The van der Waals surface area contributed by atoms with Crippen molar-refractivity contribution >= 4 is 33.2 Å². The second kappa shape index (κ2) is 13.7. The van der Waals surface area contributed by atoms with E-state index in [4.69, 9.17) is 14.2 Å². The lowest BCUT2D eigenvalue weighted by molar-refractivity contribution is -0.128. The van der Waals surface area contributed by atoms with Gasteiger partial charge in [-0.3, -0.25) is 13.9 Å². The van der Waals surface area contributed by atoms with Crippen molar-refractivity contribution in [1.82, 2.24) is 5.32 Å². The van der Waals surface area contributed by atoms with E-state index in [0.29, 0.717) is 35.7 Å². The van der Waals surface area contributed by atoms with E-state index in [1.54, 1.807) is 67.6 Å². The zero-order chi connectivity index (χ0) is 32.0. The number of amides is 2. The Bertz CT molecular complexity index is 1760. The molecule has 11 heteroatoms. The number of hydrogen-bond acceptors (Lipinski definition) is 7. The Balaban J connectivity index is 1.44. The summed E-state index contributed by atoms with van der Waals surface area (Å²) in [4.78, 5) is 28.6. The quantitative estimate of drug-likeness (QED) is 0.262. The average molecular weight is 630 g/mol. The number of fused-ring (bicyclic) bond motifs is 1. The molecular weight excluding hydrogens is 594 g/mol. The smallest absolute Gasteiger partial charge is 0.268 e. The van der Waals surface area contributed by atoms with Crippen molar-refractivity contribution in [2.24, 2.45) is 0 Å². The van der Waals surface area contributed by atoms with Gasteiger partial charge in [0, 0.05) is 6.54 Å². The molecule has 4 aromatic carbocycles. The van der Waals surface area contributed by atoms with Gasteiger partial charge in [0.2, 0.25) is 5.91 Å². The molecule has 1 unspecified atom stereocenters. The minimum atomic E-state index is -4.31. The number of ether oxygens (including phenoxy) is 3. The normalized spacial score (nSPS) is 14.1. The van der Waals surface area contributed by atoms with Crippen LogP contribution >= 0.6 is 0 Å². The number of para-hydroxylation sites is 2. The van der Waals surface area contributed by atoms with Gasteiger partial charge in [0.15, 0.2) is 6.10 Å². The molecule has 0 radical (unpaired) electrons. The van der Waals surface area contributed by atoms with Gasteiger partial charge in [-0.25, -0.2) is 8.42 Å². The zero-order valence-electron chi connectivity index (χ0n) is 25.3. The number of methoxy groups -OCH3 is 2. The van der Waals surface area contributed by atoms with E-state index < -0.39 is 28.6 Å². The third-order valence-corrected chi connectivity index (χ3v) is 9.24. The molecule has 0 bridgehead atoms. The monoisotopic (exact) mass is 629 g/mol. The van der Waals surface area contributed by atoms with Gasteiger partial charge in [-0.15, -0.1) is 0 Å². The Kier molecular flexibility index (Phi) is 9.58. The van der Waals surface area contributed by atoms with Crippen molar-refractivity contribution in [3.05, 3.63) is 108 Å². The molecule has 0 saturated heterocycles. The molecule has 2 amide bonds. The lowest BCUT2D eigenvalue weighted by Gasteiger charge is -2.35. The van der Waals surface area contributed by atoms with Gasteiger partial charge in [-0.2, -0.15) is 0 Å². The number of hydrogen-bond donors (Lipinski definition) is 1. The van der Waals surface area contributed by atoms with Crippen LogP contribution in [0.1, 0.15) is 11.1 Å². The minimum Gasteiger partial charge on any atom is -0.497 e. The molecule has 0 aliphatic carbocycles. The summed E-state index contributed by atoms with van der Waals surface area (Å²) in [7, 11) is -1.41. The van der Waals surface area contributed by atoms with Gasteiger partial charge in [-0.05, 0) is 73.0 Å². The van der Waals surface area contributed by atoms with Crippen LogP contribution in [0.2, 0.25) is 0 Å². The minimum absolute atomic E-state index is 0.0772. The Labute approximate surface area is 263 Å². The van der Waals surface area contributed by atoms with E-state index in [9.17, 15) is 18.0 Å². The van der Waals surface area contributed by atoms with Crippen LogP contribution in [0.5, 0.6) is 17.2 Å². The zero-order valence-corrected chi connectivity index (χ0v) is 26.1. The fraction of sp³-hybridized carbons (Fsp3) is 0.235. The number of carbonyl (C=O) groups excluding carboxylic acids is 2. The maximum atomic E-state index is 14.2. The highest BCUT2D eigenvalue weighted by Crippen LogP contribution is 2.35. The summed E-state index contributed by atoms with van der Waals surface area (Å²) >= 11 is 0. The Morgan fingerprint density at radius 1 is 0.933 bits per heavy atom. The highest BCUT2D eigenvalue weighted by Gasteiger charge is 2.37. The first-order chi connectivity index (χ1) is 21.7. The van der Waals surface area contributed by atoms with Gasteiger partial charge >= 0.3 is 0 Å². The largest absolute Gasteiger partial charge is 0.497 e. The maximum Gasteiger partial charge on any atom is 0.268 e. The second-order valence-electron chi connectivity index (χ2n) is 10.5. The first kappa shape index (κ1) is 31.4. The Morgan fingerprint density at radius 3 is 2.36 bits per heavy atom. The number of anilines is 2. The fourth-order valence-electron chi connectivity index (χ4n) is 5.07. The molecule has 45 heavy (non-hydrogen) atoms. The van der Waals surface area contributed by atoms with Crippen LogP contribution in [0.3, 0.4) is 0 Å². The van der Waals surface area contributed by atoms with Gasteiger partial charge in [0.25, 0.3) is 15.9 Å². The molecule has 0 aromatic heterocycles. The summed E-state index contributed by atoms with van der Waals surface area (Å²) in [5.74, 6) is 0.107. The number of nitrogens with zero attached hydrogens (tertiary/aromatic N) is 2. The van der Waals surface area contributed by atoms with Crippen LogP contribution in [-0.2, 0) is 26.0 Å². The van der Waals surface area contributed by atoms with E-state index >= 15 is 0 Å². The summed E-state index contributed by atoms with van der Waals surface area (Å²) in [6.07, 6.45) is -0.363. The van der Waals surface area contributed by atoms with Crippen LogP contribution in [-0.4, -0.2) is 60.2 Å². The molecule has 1 N–H and O–H groups in total. The van der Waals surface area contributed by atoms with Gasteiger partial charge in [0.05, 0.1) is 32.1 Å². The lowest BCUT2D eigenvalue weighted by atomic mass is 10.1. The molecule has 0 fully saturated rings. The summed E-state index contributed by atoms with van der Waals surface area (Å²) in [6.45, 7) is 1.51. The predicted molar refractivity (Wildman–Crippen MR) is 172 cm³/mol. The lowest BCUT2D eigenvalue weighted by Crippen LogP contribution is -2.53. The van der Waals surface area contributed by atoms with Crippen molar-refractivity contribution < 1.29 is 32.2 Å². The molecule has 1 heterocycles. The summed E-state index contributed by atoms with van der Waals surface area (Å²) in [5.41, 5.74) is 2.48. The highest BCUT2D eigenvalue weighted by molar-refractivity contribution is 7.93. The first-order valence-electron chi connectivity index (χ1n) is 14.4. The van der Waals surface area contributed by atoms with Crippen molar-refractivity contribution in [1.29, 1.82) is 0 Å². The first-order valence-corrected chi connectivity index (χ1v) is 15.8. The molecule has 1 aliphatic heterocycles. The van der Waals surface area contributed by atoms with E-state index in [2.05, 4.69) is 5.32 Å². The standard InChI is InChI=1S/C34H35N3O7S/c1-24-13-18-30(43-3)32(21-24)45(40,41)37(26-14-16-27(42-2)17-15-26)23-33(38)36-22-31(44-29-12-8-7-11-28(29)36)34(39)35-20-19-25-9-5-4-6-10-25/h4-18,21,31H,19-20,22-23H2,1-3H3,(H,35,39). The van der Waals surface area contributed by atoms with Crippen LogP contribution in [0.4, 0.5) is 11.4 Å². The number of sulfonamides is 1. The molecule has 4 aromatic rings. The predicted octanol–water partition coefficient (Wildman–Crippen LogP) is 4.36. The van der Waals surface area contributed by atoms with Crippen molar-refractivity contribution in [3.63, 3.8) is 0 Å². The molecule has 234 valence electrons. The van der Waals surface area contributed by atoms with Gasteiger partial charge < -0.3 is 24.4 Å². The fourth-order valence-corrected chi connectivity index (χ4v) is 6.73. The molecule has 5 rings (SSSR count). The molecule has 0 saturated carbocycles. The molecular formula is C34H35N3O7S. The number of rotatable bonds is 11. The number of aryl methyl sites for hydroxylation is 1. The van der Waals surface area contributed by atoms with Crippen molar-refractivity contribution in [2.75, 3.05) is 43.1 Å².